The summed E-state index contributed by atoms with van der Waals surface area (Å²) in [7, 11) is 0. The number of aliphatic hydroxyl groups is 1. The van der Waals surface area contributed by atoms with Crippen LogP contribution in [0.4, 0.5) is 4.39 Å². The van der Waals surface area contributed by atoms with Crippen LogP contribution in [-0.2, 0) is 6.42 Å². The maximum absolute atomic E-state index is 13.8. The third-order valence-electron chi connectivity index (χ3n) is 4.07. The largest absolute Gasteiger partial charge is 0.393 e. The van der Waals surface area contributed by atoms with Gasteiger partial charge in [-0.15, -0.1) is 0 Å². The number of benzene rings is 1. The molecule has 0 bridgehead atoms. The van der Waals surface area contributed by atoms with E-state index in [2.05, 4.69) is 27.3 Å². The van der Waals surface area contributed by atoms with E-state index in [0.717, 1.165) is 12.2 Å². The second-order valence-electron chi connectivity index (χ2n) is 6.74. The van der Waals surface area contributed by atoms with Gasteiger partial charge in [0.25, 0.3) is 0 Å². The van der Waals surface area contributed by atoms with Gasteiger partial charge in [0.2, 0.25) is 0 Å². The van der Waals surface area contributed by atoms with Gasteiger partial charge in [0.15, 0.2) is 0 Å². The van der Waals surface area contributed by atoms with E-state index in [1.807, 2.05) is 18.2 Å². The lowest BCUT2D eigenvalue weighted by Gasteiger charge is -2.21. The van der Waals surface area contributed by atoms with Crippen LogP contribution in [-0.4, -0.2) is 32.1 Å². The zero-order valence-electron chi connectivity index (χ0n) is 13.9. The molecule has 0 radical (unpaired) electrons. The molecule has 0 saturated carbocycles. The maximum Gasteiger partial charge on any atom is 0.137 e. The maximum atomic E-state index is 13.8. The Hall–Kier alpha value is -1.75. The molecule has 0 spiro atoms. The van der Waals surface area contributed by atoms with Gasteiger partial charge in [-0.2, -0.15) is 5.10 Å². The lowest BCUT2D eigenvalue weighted by atomic mass is 9.89. The summed E-state index contributed by atoms with van der Waals surface area (Å²) in [4.78, 5) is 4.19. The zero-order chi connectivity index (χ0) is 16.7. The van der Waals surface area contributed by atoms with Crippen molar-refractivity contribution in [3.05, 3.63) is 48.0 Å². The van der Waals surface area contributed by atoms with Crippen LogP contribution in [0, 0.1) is 0 Å². The molecule has 0 saturated heterocycles. The lowest BCUT2D eigenvalue weighted by molar-refractivity contribution is 0.134. The molecular formula is C18H26FN3O. The lowest BCUT2D eigenvalue weighted by Crippen LogP contribution is -2.18. The molecule has 1 heterocycles. The van der Waals surface area contributed by atoms with Crippen LogP contribution in [0.5, 0.6) is 0 Å². The van der Waals surface area contributed by atoms with Crippen LogP contribution in [0.15, 0.2) is 36.7 Å². The first-order chi connectivity index (χ1) is 10.9. The van der Waals surface area contributed by atoms with Crippen molar-refractivity contribution in [1.29, 1.82) is 0 Å². The smallest absolute Gasteiger partial charge is 0.137 e. The third kappa shape index (κ3) is 6.48. The first-order valence-electron chi connectivity index (χ1n) is 8.20. The summed E-state index contributed by atoms with van der Waals surface area (Å²) < 4.78 is 13.8. The van der Waals surface area contributed by atoms with Gasteiger partial charge in [0.1, 0.15) is 17.8 Å². The standard InChI is InChI=1S/C18H26FN3O/c1-18(2,19)11-10-15(17-20-13-21-22-17)12-16(23)9-8-14-6-4-3-5-7-14/h3-7,13,15-16,23H,8-12H2,1-2H3,(H,20,21,22). The first-order valence-corrected chi connectivity index (χ1v) is 8.20. The summed E-state index contributed by atoms with van der Waals surface area (Å²) >= 11 is 0. The van der Waals surface area contributed by atoms with E-state index in [0.29, 0.717) is 25.7 Å². The molecule has 1 aromatic carbocycles. The number of halogens is 1. The zero-order valence-corrected chi connectivity index (χ0v) is 13.9. The Morgan fingerprint density at radius 2 is 1.96 bits per heavy atom. The van der Waals surface area contributed by atoms with Gasteiger partial charge in [0.05, 0.1) is 6.10 Å². The van der Waals surface area contributed by atoms with Crippen molar-refractivity contribution in [1.82, 2.24) is 15.2 Å². The Kier molecular flexibility index (Phi) is 6.28. The molecule has 2 aromatic rings. The number of H-pyrrole nitrogens is 1. The van der Waals surface area contributed by atoms with E-state index in [9.17, 15) is 9.50 Å². The number of aryl methyl sites for hydroxylation is 1. The molecule has 4 nitrogen and oxygen atoms in total. The minimum Gasteiger partial charge on any atom is -0.393 e. The number of aliphatic hydroxyl groups excluding tert-OH is 1. The van der Waals surface area contributed by atoms with E-state index >= 15 is 0 Å². The minimum atomic E-state index is -1.22. The summed E-state index contributed by atoms with van der Waals surface area (Å²) in [5.74, 6) is 0.728. The van der Waals surface area contributed by atoms with Gasteiger partial charge >= 0.3 is 0 Å². The summed E-state index contributed by atoms with van der Waals surface area (Å²) in [5.41, 5.74) is 0.000406. The normalized spacial score (nSPS) is 14.6. The van der Waals surface area contributed by atoms with Crippen molar-refractivity contribution in [3.8, 4) is 0 Å². The number of hydrogen-bond acceptors (Lipinski definition) is 3. The Bertz CT molecular complexity index is 551. The number of nitrogens with one attached hydrogen (secondary N) is 1. The molecule has 0 aliphatic rings. The van der Waals surface area contributed by atoms with Crippen LogP contribution in [0.2, 0.25) is 0 Å². The van der Waals surface area contributed by atoms with Crippen molar-refractivity contribution >= 4 is 0 Å². The number of rotatable bonds is 9. The summed E-state index contributed by atoms with van der Waals surface area (Å²) in [6.07, 6.45) is 4.18. The van der Waals surface area contributed by atoms with Crippen molar-refractivity contribution < 1.29 is 9.50 Å². The minimum absolute atomic E-state index is 0.00158. The van der Waals surface area contributed by atoms with Gasteiger partial charge in [-0.25, -0.2) is 9.37 Å². The first kappa shape index (κ1) is 17.6. The number of aromatic amines is 1. The fraction of sp³-hybridized carbons (Fsp3) is 0.556. The summed E-state index contributed by atoms with van der Waals surface area (Å²) in [6, 6.07) is 10.1. The van der Waals surface area contributed by atoms with Crippen LogP contribution in [0.25, 0.3) is 0 Å². The fourth-order valence-corrected chi connectivity index (χ4v) is 2.72. The molecule has 2 atom stereocenters. The number of hydrogen-bond donors (Lipinski definition) is 2. The molecule has 2 unspecified atom stereocenters. The van der Waals surface area contributed by atoms with Gasteiger partial charge in [-0.05, 0) is 51.5 Å². The predicted molar refractivity (Wildman–Crippen MR) is 88.9 cm³/mol. The van der Waals surface area contributed by atoms with Crippen molar-refractivity contribution in [2.24, 2.45) is 0 Å². The quantitative estimate of drug-likeness (QED) is 0.739. The van der Waals surface area contributed by atoms with E-state index in [1.54, 1.807) is 13.8 Å². The summed E-state index contributed by atoms with van der Waals surface area (Å²) in [5, 5.41) is 17.1. The molecule has 0 aliphatic heterocycles. The predicted octanol–water partition coefficient (Wildman–Crippen LogP) is 3.80. The van der Waals surface area contributed by atoms with Crippen LogP contribution < -0.4 is 0 Å². The van der Waals surface area contributed by atoms with Gasteiger partial charge in [-0.3, -0.25) is 5.10 Å². The number of alkyl halides is 1. The second kappa shape index (κ2) is 8.20. The molecule has 1 aromatic heterocycles. The van der Waals surface area contributed by atoms with Crippen molar-refractivity contribution in [3.63, 3.8) is 0 Å². The molecular weight excluding hydrogens is 293 g/mol. The van der Waals surface area contributed by atoms with Crippen molar-refractivity contribution in [2.75, 3.05) is 0 Å². The van der Waals surface area contributed by atoms with E-state index in [4.69, 9.17) is 0 Å². The molecule has 126 valence electrons. The van der Waals surface area contributed by atoms with Crippen LogP contribution >= 0.6 is 0 Å². The van der Waals surface area contributed by atoms with Gasteiger partial charge in [0, 0.05) is 5.92 Å². The van der Waals surface area contributed by atoms with Gasteiger partial charge < -0.3 is 5.11 Å². The highest BCUT2D eigenvalue weighted by molar-refractivity contribution is 5.14. The van der Waals surface area contributed by atoms with Crippen LogP contribution in [0.3, 0.4) is 0 Å². The Morgan fingerprint density at radius 3 is 2.57 bits per heavy atom. The highest BCUT2D eigenvalue weighted by Gasteiger charge is 2.23. The summed E-state index contributed by atoms with van der Waals surface area (Å²) in [6.45, 7) is 3.16. The Morgan fingerprint density at radius 1 is 1.22 bits per heavy atom. The number of aromatic nitrogens is 3. The second-order valence-corrected chi connectivity index (χ2v) is 6.74. The topological polar surface area (TPSA) is 61.8 Å². The molecule has 5 heteroatoms. The molecule has 0 aliphatic carbocycles. The monoisotopic (exact) mass is 319 g/mol. The van der Waals surface area contributed by atoms with E-state index in [1.165, 1.54) is 11.9 Å². The molecule has 0 fully saturated rings. The average Bonchev–Trinajstić information content (AvgIpc) is 3.04. The Balaban J connectivity index is 1.88. The highest BCUT2D eigenvalue weighted by Crippen LogP contribution is 2.29. The van der Waals surface area contributed by atoms with Crippen LogP contribution in [0.1, 0.15) is 56.8 Å². The SMILES string of the molecule is CC(C)(F)CCC(CC(O)CCc1ccccc1)c1ncn[nH]1. The molecule has 2 rings (SSSR count). The molecule has 0 amide bonds. The third-order valence-corrected chi connectivity index (χ3v) is 4.07. The molecule has 23 heavy (non-hydrogen) atoms. The number of nitrogens with zero attached hydrogens (tertiary/aromatic N) is 2. The van der Waals surface area contributed by atoms with Crippen molar-refractivity contribution in [2.45, 2.75) is 63.6 Å². The fourth-order valence-electron chi connectivity index (χ4n) is 2.72. The van der Waals surface area contributed by atoms with Gasteiger partial charge in [-0.1, -0.05) is 30.3 Å². The van der Waals surface area contributed by atoms with E-state index in [-0.39, 0.29) is 5.92 Å². The van der Waals surface area contributed by atoms with E-state index < -0.39 is 11.8 Å². The highest BCUT2D eigenvalue weighted by atomic mass is 19.1. The Labute approximate surface area is 137 Å². The average molecular weight is 319 g/mol. The molecule has 2 N–H and O–H groups in total.